The van der Waals surface area contributed by atoms with Crippen molar-refractivity contribution in [3.8, 4) is 0 Å². The number of nitrogens with zero attached hydrogens (tertiary/aromatic N) is 1. The predicted octanol–water partition coefficient (Wildman–Crippen LogP) is 7.66. The van der Waals surface area contributed by atoms with Gasteiger partial charge in [0.1, 0.15) is 30.2 Å². The van der Waals surface area contributed by atoms with Crippen molar-refractivity contribution in [1.29, 1.82) is 0 Å². The number of furan rings is 1. The molecule has 1 aromatic heterocycles. The second kappa shape index (κ2) is 16.1. The van der Waals surface area contributed by atoms with Crippen molar-refractivity contribution in [2.75, 3.05) is 13.7 Å². The fourth-order valence-corrected chi connectivity index (χ4v) is 6.66. The SMILES string of the molecule is CN1O[C@@]2(C[C@H]1c1ccco1)O[C@H](COCc1ccccc1)[C@@H](OCc1ccccc1)[C@H](OCc1ccccc1)[C@H]2OCc1ccccc1. The number of hydrogen-bond acceptors (Lipinski definition) is 8. The summed E-state index contributed by atoms with van der Waals surface area (Å²) in [5.41, 5.74) is 4.19. The van der Waals surface area contributed by atoms with Crippen molar-refractivity contribution in [1.82, 2.24) is 5.06 Å². The van der Waals surface area contributed by atoms with E-state index < -0.39 is 30.2 Å². The maximum Gasteiger partial charge on any atom is 0.219 e. The molecule has 8 nitrogen and oxygen atoms in total. The Hall–Kier alpha value is -4.12. The number of hydroxylamine groups is 2. The van der Waals surface area contributed by atoms with Crippen LogP contribution in [0.1, 0.15) is 40.5 Å². The van der Waals surface area contributed by atoms with Crippen LogP contribution >= 0.6 is 0 Å². The van der Waals surface area contributed by atoms with Crippen molar-refractivity contribution in [3.63, 3.8) is 0 Å². The third-order valence-corrected chi connectivity index (χ3v) is 9.10. The Kier molecular flexibility index (Phi) is 10.9. The molecule has 254 valence electrons. The average Bonchev–Trinajstić information content (AvgIpc) is 3.80. The Morgan fingerprint density at radius 3 is 1.65 bits per heavy atom. The van der Waals surface area contributed by atoms with Crippen LogP contribution in [0.4, 0.5) is 0 Å². The van der Waals surface area contributed by atoms with Crippen molar-refractivity contribution in [2.45, 2.75) is 69.1 Å². The molecular formula is C41H43NO7. The van der Waals surface area contributed by atoms with Gasteiger partial charge in [0.05, 0.1) is 45.3 Å². The van der Waals surface area contributed by atoms with Crippen LogP contribution in [0.5, 0.6) is 0 Å². The monoisotopic (exact) mass is 661 g/mol. The third-order valence-electron chi connectivity index (χ3n) is 9.10. The lowest BCUT2D eigenvalue weighted by Crippen LogP contribution is -2.67. The lowest BCUT2D eigenvalue weighted by atomic mass is 9.88. The molecule has 49 heavy (non-hydrogen) atoms. The van der Waals surface area contributed by atoms with E-state index in [1.165, 1.54) is 0 Å². The van der Waals surface area contributed by atoms with Gasteiger partial charge in [-0.15, -0.1) is 0 Å². The first-order valence-corrected chi connectivity index (χ1v) is 16.9. The van der Waals surface area contributed by atoms with Crippen LogP contribution in [0.25, 0.3) is 0 Å². The van der Waals surface area contributed by atoms with Crippen LogP contribution in [0.2, 0.25) is 0 Å². The van der Waals surface area contributed by atoms with E-state index in [0.717, 1.165) is 28.0 Å². The highest BCUT2D eigenvalue weighted by Crippen LogP contribution is 2.49. The molecule has 2 saturated heterocycles. The smallest absolute Gasteiger partial charge is 0.219 e. The van der Waals surface area contributed by atoms with Gasteiger partial charge in [-0.25, -0.2) is 0 Å². The van der Waals surface area contributed by atoms with Crippen LogP contribution in [0, 0.1) is 0 Å². The van der Waals surface area contributed by atoms with Gasteiger partial charge < -0.3 is 28.1 Å². The number of rotatable bonds is 14. The molecular weight excluding hydrogens is 618 g/mol. The lowest BCUT2D eigenvalue weighted by molar-refractivity contribution is -0.404. The van der Waals surface area contributed by atoms with E-state index >= 15 is 0 Å². The van der Waals surface area contributed by atoms with Gasteiger partial charge in [-0.1, -0.05) is 121 Å². The van der Waals surface area contributed by atoms with Crippen LogP contribution < -0.4 is 0 Å². The third kappa shape index (κ3) is 8.20. The van der Waals surface area contributed by atoms with Crippen LogP contribution in [0.15, 0.2) is 144 Å². The molecule has 8 heteroatoms. The molecule has 0 unspecified atom stereocenters. The summed E-state index contributed by atoms with van der Waals surface area (Å²) in [6.45, 7) is 1.74. The Morgan fingerprint density at radius 1 is 0.612 bits per heavy atom. The Bertz CT molecular complexity index is 1670. The van der Waals surface area contributed by atoms with Crippen molar-refractivity contribution in [3.05, 3.63) is 168 Å². The summed E-state index contributed by atoms with van der Waals surface area (Å²) < 4.78 is 39.9. The molecule has 0 N–H and O–H groups in total. The molecule has 2 fully saturated rings. The van der Waals surface area contributed by atoms with E-state index in [1.807, 2.05) is 104 Å². The van der Waals surface area contributed by atoms with Crippen molar-refractivity contribution >= 4 is 0 Å². The zero-order chi connectivity index (χ0) is 33.3. The minimum Gasteiger partial charge on any atom is -0.468 e. The number of benzene rings is 4. The maximum atomic E-state index is 7.10. The summed E-state index contributed by atoms with van der Waals surface area (Å²) in [5.74, 6) is -0.443. The summed E-state index contributed by atoms with van der Waals surface area (Å²) >= 11 is 0. The fourth-order valence-electron chi connectivity index (χ4n) is 6.66. The molecule has 3 heterocycles. The second-order valence-electron chi connectivity index (χ2n) is 12.6. The lowest BCUT2D eigenvalue weighted by Gasteiger charge is -2.50. The van der Waals surface area contributed by atoms with E-state index in [-0.39, 0.29) is 12.6 Å². The van der Waals surface area contributed by atoms with Crippen LogP contribution in [-0.4, -0.2) is 48.9 Å². The molecule has 0 amide bonds. The van der Waals surface area contributed by atoms with Gasteiger partial charge in [-0.2, -0.15) is 5.06 Å². The van der Waals surface area contributed by atoms with Gasteiger partial charge in [-0.05, 0) is 34.4 Å². The minimum absolute atomic E-state index is 0.208. The molecule has 1 spiro atoms. The van der Waals surface area contributed by atoms with Gasteiger partial charge in [-0.3, -0.25) is 4.84 Å². The molecule has 2 aliphatic heterocycles. The Labute approximate surface area is 288 Å². The van der Waals surface area contributed by atoms with Gasteiger partial charge >= 0.3 is 0 Å². The van der Waals surface area contributed by atoms with E-state index in [2.05, 4.69) is 36.4 Å². The van der Waals surface area contributed by atoms with E-state index in [0.29, 0.717) is 32.8 Å². The summed E-state index contributed by atoms with van der Waals surface area (Å²) in [5, 5.41) is 1.80. The molecule has 0 saturated carbocycles. The molecule has 4 aromatic carbocycles. The average molecular weight is 662 g/mol. The van der Waals surface area contributed by atoms with Crippen LogP contribution in [-0.2, 0) is 54.9 Å². The molecule has 6 atom stereocenters. The second-order valence-corrected chi connectivity index (χ2v) is 12.6. The summed E-state index contributed by atoms with van der Waals surface area (Å²) in [7, 11) is 1.90. The molecule has 0 radical (unpaired) electrons. The summed E-state index contributed by atoms with van der Waals surface area (Å²) in [4.78, 5) is 6.75. The first-order valence-electron chi connectivity index (χ1n) is 16.9. The predicted molar refractivity (Wildman–Crippen MR) is 184 cm³/mol. The molecule has 5 aromatic rings. The zero-order valence-electron chi connectivity index (χ0n) is 27.7. The fraction of sp³-hybridized carbons (Fsp3) is 0.317. The van der Waals surface area contributed by atoms with Gasteiger partial charge in [0.2, 0.25) is 5.79 Å². The highest BCUT2D eigenvalue weighted by molar-refractivity contribution is 5.18. The Balaban J connectivity index is 1.24. The molecule has 2 aliphatic rings. The Morgan fingerprint density at radius 2 is 1.12 bits per heavy atom. The standard InChI is InChI=1S/C41H43NO7/c1-42-35(36-23-14-24-44-36)25-41(49-42)40(47-29-34-21-12-5-13-22-34)39(46-28-33-19-10-4-11-20-33)38(45-27-32-17-8-3-9-18-32)37(48-41)30-43-26-31-15-6-2-7-16-31/h2-24,35,37-40H,25-30H2,1H3/t35-,37+,38+,39-,40+,41+/m0/s1. The quantitative estimate of drug-likeness (QED) is 0.120. The van der Waals surface area contributed by atoms with Gasteiger partial charge in [0.25, 0.3) is 0 Å². The van der Waals surface area contributed by atoms with Gasteiger partial charge in [0, 0.05) is 13.5 Å². The molecule has 0 bridgehead atoms. The van der Waals surface area contributed by atoms with E-state index in [4.69, 9.17) is 32.9 Å². The first-order chi connectivity index (χ1) is 24.2. The summed E-state index contributed by atoms with van der Waals surface area (Å²) in [6, 6.07) is 44.1. The van der Waals surface area contributed by atoms with Crippen molar-refractivity contribution < 1.29 is 32.9 Å². The van der Waals surface area contributed by atoms with E-state index in [9.17, 15) is 0 Å². The van der Waals surface area contributed by atoms with Crippen molar-refractivity contribution in [2.24, 2.45) is 0 Å². The largest absolute Gasteiger partial charge is 0.468 e. The highest BCUT2D eigenvalue weighted by atomic mass is 16.8. The summed E-state index contributed by atoms with van der Waals surface area (Å²) in [6.07, 6.45) is -0.238. The molecule has 0 aliphatic carbocycles. The van der Waals surface area contributed by atoms with E-state index in [1.54, 1.807) is 11.3 Å². The first kappa shape index (κ1) is 33.4. The minimum atomic E-state index is -1.23. The highest BCUT2D eigenvalue weighted by Gasteiger charge is 2.63. The molecule has 7 rings (SSSR count). The topological polar surface area (TPSA) is 71.8 Å². The van der Waals surface area contributed by atoms with Gasteiger partial charge in [0.15, 0.2) is 0 Å². The normalized spacial score (nSPS) is 25.5. The number of ether oxygens (including phenoxy) is 5. The maximum absolute atomic E-state index is 7.10. The number of hydrogen-bond donors (Lipinski definition) is 0. The zero-order valence-corrected chi connectivity index (χ0v) is 27.7. The van der Waals surface area contributed by atoms with Crippen LogP contribution in [0.3, 0.4) is 0 Å².